The molecule has 1 aromatic rings. The minimum atomic E-state index is -0.550. The number of rotatable bonds is 4. The Morgan fingerprint density at radius 1 is 1.08 bits per heavy atom. The van der Waals surface area contributed by atoms with Gasteiger partial charge in [0.15, 0.2) is 0 Å². The first-order valence-corrected chi connectivity index (χ1v) is 9.29. The molecule has 0 bridgehead atoms. The van der Waals surface area contributed by atoms with Crippen molar-refractivity contribution in [3.63, 3.8) is 0 Å². The molecule has 2 aliphatic rings. The fourth-order valence-corrected chi connectivity index (χ4v) is 3.57. The number of nitrogens with one attached hydrogen (secondary N) is 2. The molecule has 0 aliphatic heterocycles. The van der Waals surface area contributed by atoms with Gasteiger partial charge in [-0.15, -0.1) is 0 Å². The maximum atomic E-state index is 12.9. The van der Waals surface area contributed by atoms with Crippen LogP contribution in [0.1, 0.15) is 44.9 Å². The Kier molecular flexibility index (Phi) is 6.26. The van der Waals surface area contributed by atoms with Crippen LogP contribution in [0.4, 0.5) is 14.9 Å². The summed E-state index contributed by atoms with van der Waals surface area (Å²) in [6.07, 6.45) is 9.31. The van der Waals surface area contributed by atoms with Crippen LogP contribution in [0.15, 0.2) is 36.4 Å². The highest BCUT2D eigenvalue weighted by Gasteiger charge is 2.28. The Hall–Kier alpha value is -2.37. The molecule has 2 amide bonds. The summed E-state index contributed by atoms with van der Waals surface area (Å²) in [7, 11) is 0. The van der Waals surface area contributed by atoms with Crippen molar-refractivity contribution in [1.29, 1.82) is 0 Å². The van der Waals surface area contributed by atoms with Gasteiger partial charge in [-0.2, -0.15) is 0 Å². The molecule has 1 saturated carbocycles. The van der Waals surface area contributed by atoms with Crippen LogP contribution in [0.5, 0.6) is 0 Å². The second-order valence-electron chi connectivity index (χ2n) is 7.01. The van der Waals surface area contributed by atoms with Crippen molar-refractivity contribution < 1.29 is 18.7 Å². The van der Waals surface area contributed by atoms with Crippen LogP contribution in [-0.2, 0) is 9.53 Å². The molecule has 0 radical (unpaired) electrons. The second-order valence-corrected chi connectivity index (χ2v) is 7.01. The maximum absolute atomic E-state index is 12.9. The van der Waals surface area contributed by atoms with E-state index < -0.39 is 6.09 Å². The van der Waals surface area contributed by atoms with Gasteiger partial charge in [0, 0.05) is 24.1 Å². The fraction of sp³-hybridized carbons (Fsp3) is 0.500. The zero-order chi connectivity index (χ0) is 18.4. The van der Waals surface area contributed by atoms with Crippen molar-refractivity contribution in [3.05, 3.63) is 42.2 Å². The van der Waals surface area contributed by atoms with Gasteiger partial charge in [-0.1, -0.05) is 12.2 Å². The molecule has 1 aromatic carbocycles. The minimum Gasteiger partial charge on any atom is -0.446 e. The van der Waals surface area contributed by atoms with E-state index in [0.717, 1.165) is 38.5 Å². The Balaban J connectivity index is 1.45. The smallest absolute Gasteiger partial charge is 0.411 e. The Morgan fingerprint density at radius 3 is 2.62 bits per heavy atom. The standard InChI is InChI=1S/C20H25FN2O3/c21-15-9-11-16(12-10-15)23-20(25)26-18-8-4-7-17(13-18)22-19(24)14-5-2-1-3-6-14/h1-2,9-12,14,17-18H,3-8,13H2,(H,22,24)(H,23,25)/t14-,17+,18+/m0/s1. The summed E-state index contributed by atoms with van der Waals surface area (Å²) in [5.41, 5.74) is 0.488. The molecule has 2 aliphatic carbocycles. The third-order valence-corrected chi connectivity index (χ3v) is 4.98. The van der Waals surface area contributed by atoms with Gasteiger partial charge in [-0.05, 0) is 62.8 Å². The van der Waals surface area contributed by atoms with Crippen LogP contribution >= 0.6 is 0 Å². The summed E-state index contributed by atoms with van der Waals surface area (Å²) in [5.74, 6) is -0.193. The molecule has 3 atom stereocenters. The number of hydrogen-bond donors (Lipinski definition) is 2. The van der Waals surface area contributed by atoms with Crippen molar-refractivity contribution >= 4 is 17.7 Å². The first kappa shape index (κ1) is 18.4. The number of amides is 2. The quantitative estimate of drug-likeness (QED) is 0.793. The number of ether oxygens (including phenoxy) is 1. The van der Waals surface area contributed by atoms with Crippen molar-refractivity contribution in [3.8, 4) is 0 Å². The van der Waals surface area contributed by atoms with Gasteiger partial charge in [-0.25, -0.2) is 9.18 Å². The maximum Gasteiger partial charge on any atom is 0.411 e. The zero-order valence-electron chi connectivity index (χ0n) is 14.7. The normalized spacial score (nSPS) is 25.3. The van der Waals surface area contributed by atoms with Crippen molar-refractivity contribution in [2.45, 2.75) is 57.1 Å². The molecule has 140 valence electrons. The molecular weight excluding hydrogens is 335 g/mol. The first-order chi connectivity index (χ1) is 12.6. The van der Waals surface area contributed by atoms with E-state index in [1.54, 1.807) is 0 Å². The van der Waals surface area contributed by atoms with E-state index in [1.807, 2.05) is 0 Å². The Labute approximate surface area is 153 Å². The lowest BCUT2D eigenvalue weighted by atomic mass is 9.90. The van der Waals surface area contributed by atoms with Gasteiger partial charge in [0.05, 0.1) is 0 Å². The summed E-state index contributed by atoms with van der Waals surface area (Å²) < 4.78 is 18.4. The van der Waals surface area contributed by atoms with E-state index >= 15 is 0 Å². The molecule has 0 aromatic heterocycles. The average Bonchev–Trinajstić information content (AvgIpc) is 2.64. The summed E-state index contributed by atoms with van der Waals surface area (Å²) in [5, 5.41) is 5.72. The fourth-order valence-electron chi connectivity index (χ4n) is 3.57. The monoisotopic (exact) mass is 360 g/mol. The highest BCUT2D eigenvalue weighted by Crippen LogP contribution is 2.24. The number of carbonyl (C=O) groups is 2. The predicted octanol–water partition coefficient (Wildman–Crippen LogP) is 4.16. The van der Waals surface area contributed by atoms with Gasteiger partial charge in [-0.3, -0.25) is 10.1 Å². The lowest BCUT2D eigenvalue weighted by molar-refractivity contribution is -0.126. The van der Waals surface area contributed by atoms with Crippen molar-refractivity contribution in [1.82, 2.24) is 5.32 Å². The van der Waals surface area contributed by atoms with E-state index in [-0.39, 0.29) is 29.8 Å². The van der Waals surface area contributed by atoms with Gasteiger partial charge < -0.3 is 10.1 Å². The summed E-state index contributed by atoms with van der Waals surface area (Å²) in [6, 6.07) is 5.58. The van der Waals surface area contributed by atoms with Crippen LogP contribution < -0.4 is 10.6 Å². The Bertz CT molecular complexity index is 660. The second kappa shape index (κ2) is 8.83. The molecule has 5 nitrogen and oxygen atoms in total. The number of allylic oxidation sites excluding steroid dienone is 2. The number of hydrogen-bond acceptors (Lipinski definition) is 3. The summed E-state index contributed by atoms with van der Waals surface area (Å²) in [6.45, 7) is 0. The summed E-state index contributed by atoms with van der Waals surface area (Å²) in [4.78, 5) is 24.4. The van der Waals surface area contributed by atoms with Crippen LogP contribution in [0.25, 0.3) is 0 Å². The Morgan fingerprint density at radius 2 is 1.88 bits per heavy atom. The van der Waals surface area contributed by atoms with Gasteiger partial charge in [0.25, 0.3) is 0 Å². The number of halogens is 1. The lowest BCUT2D eigenvalue weighted by Crippen LogP contribution is -2.43. The first-order valence-electron chi connectivity index (χ1n) is 9.29. The molecule has 2 N–H and O–H groups in total. The SMILES string of the molecule is O=C(Nc1ccc(F)cc1)O[C@@H]1CCC[C@@H](NC(=O)[C@H]2CC=CCC2)C1. The van der Waals surface area contributed by atoms with E-state index in [2.05, 4.69) is 22.8 Å². The topological polar surface area (TPSA) is 67.4 Å². The minimum absolute atomic E-state index is 0.0470. The van der Waals surface area contributed by atoms with Gasteiger partial charge >= 0.3 is 6.09 Å². The summed E-state index contributed by atoms with van der Waals surface area (Å²) >= 11 is 0. The van der Waals surface area contributed by atoms with E-state index in [9.17, 15) is 14.0 Å². The molecule has 1 fully saturated rings. The molecule has 26 heavy (non-hydrogen) atoms. The molecule has 0 spiro atoms. The van der Waals surface area contributed by atoms with Crippen LogP contribution in [-0.4, -0.2) is 24.1 Å². The number of benzene rings is 1. The van der Waals surface area contributed by atoms with E-state index in [0.29, 0.717) is 12.1 Å². The number of carbonyl (C=O) groups excluding carboxylic acids is 2. The third kappa shape index (κ3) is 5.31. The predicted molar refractivity (Wildman–Crippen MR) is 97.2 cm³/mol. The van der Waals surface area contributed by atoms with Crippen LogP contribution in [0.3, 0.4) is 0 Å². The molecule has 0 unspecified atom stereocenters. The van der Waals surface area contributed by atoms with Crippen molar-refractivity contribution in [2.24, 2.45) is 5.92 Å². The highest BCUT2D eigenvalue weighted by atomic mass is 19.1. The molecule has 6 heteroatoms. The highest BCUT2D eigenvalue weighted by molar-refractivity contribution is 5.84. The van der Waals surface area contributed by atoms with Gasteiger partial charge in [0.1, 0.15) is 11.9 Å². The number of anilines is 1. The zero-order valence-corrected chi connectivity index (χ0v) is 14.7. The largest absolute Gasteiger partial charge is 0.446 e. The van der Waals surface area contributed by atoms with Crippen LogP contribution in [0.2, 0.25) is 0 Å². The van der Waals surface area contributed by atoms with Crippen molar-refractivity contribution in [2.75, 3.05) is 5.32 Å². The lowest BCUT2D eigenvalue weighted by Gasteiger charge is -2.30. The average molecular weight is 360 g/mol. The molecular formula is C20H25FN2O3. The third-order valence-electron chi connectivity index (χ3n) is 4.98. The van der Waals surface area contributed by atoms with E-state index in [4.69, 9.17) is 4.74 Å². The van der Waals surface area contributed by atoms with Crippen LogP contribution in [0, 0.1) is 11.7 Å². The van der Waals surface area contributed by atoms with Gasteiger partial charge in [0.2, 0.25) is 5.91 Å². The molecule has 0 saturated heterocycles. The van der Waals surface area contributed by atoms with E-state index in [1.165, 1.54) is 24.3 Å². The molecule has 0 heterocycles. The molecule has 3 rings (SSSR count).